The van der Waals surface area contributed by atoms with Crippen molar-refractivity contribution in [2.45, 2.75) is 13.3 Å². The number of nitrogen functional groups attached to an aromatic ring is 1. The fraction of sp³-hybridized carbons (Fsp3) is 0.200. The number of anilines is 1. The van der Waals surface area contributed by atoms with Crippen molar-refractivity contribution in [2.24, 2.45) is 0 Å². The van der Waals surface area contributed by atoms with Gasteiger partial charge in [0.1, 0.15) is 4.83 Å². The first-order valence-corrected chi connectivity index (χ1v) is 7.56. The van der Waals surface area contributed by atoms with Crippen molar-refractivity contribution in [1.29, 1.82) is 0 Å². The minimum absolute atomic E-state index is 0.201. The molecule has 0 aliphatic rings. The predicted octanol–water partition coefficient (Wildman–Crippen LogP) is 3.85. The maximum atomic E-state index is 5.91. The Kier molecular flexibility index (Phi) is 3.87. The molecular weight excluding hydrogens is 286 g/mol. The number of ether oxygens (including phenoxy) is 2. The van der Waals surface area contributed by atoms with Crippen LogP contribution in [-0.4, -0.2) is 16.6 Å². The molecule has 0 radical (unpaired) electrons. The fourth-order valence-corrected chi connectivity index (χ4v) is 2.65. The zero-order chi connectivity index (χ0) is 14.7. The molecule has 21 heavy (non-hydrogen) atoms. The van der Waals surface area contributed by atoms with Crippen LogP contribution >= 0.6 is 11.3 Å². The Bertz CT molecular complexity index is 758. The van der Waals surface area contributed by atoms with Gasteiger partial charge < -0.3 is 15.2 Å². The summed E-state index contributed by atoms with van der Waals surface area (Å²) in [4.78, 5) is 9.18. The SMILES string of the molecule is CCCOc1ccccc1Oc1nc(N)nc2sccc12. The molecule has 2 N–H and O–H groups in total. The topological polar surface area (TPSA) is 70.3 Å². The molecule has 6 heteroatoms. The van der Waals surface area contributed by atoms with Gasteiger partial charge >= 0.3 is 0 Å². The second kappa shape index (κ2) is 5.97. The fourth-order valence-electron chi connectivity index (χ4n) is 1.89. The molecule has 0 unspecified atom stereocenters. The Balaban J connectivity index is 1.97. The minimum atomic E-state index is 0.201. The van der Waals surface area contributed by atoms with Gasteiger partial charge in [0, 0.05) is 0 Å². The van der Waals surface area contributed by atoms with Crippen molar-refractivity contribution in [1.82, 2.24) is 9.97 Å². The summed E-state index contributed by atoms with van der Waals surface area (Å²) in [5.74, 6) is 1.97. The van der Waals surface area contributed by atoms with E-state index >= 15 is 0 Å². The molecule has 0 atom stereocenters. The first kappa shape index (κ1) is 13.6. The van der Waals surface area contributed by atoms with Crippen molar-refractivity contribution >= 4 is 27.5 Å². The van der Waals surface area contributed by atoms with Crippen LogP contribution in [0.4, 0.5) is 5.95 Å². The summed E-state index contributed by atoms with van der Waals surface area (Å²) in [6.07, 6.45) is 0.934. The van der Waals surface area contributed by atoms with Gasteiger partial charge in [0.2, 0.25) is 11.8 Å². The summed E-state index contributed by atoms with van der Waals surface area (Å²) in [5.41, 5.74) is 5.73. The van der Waals surface area contributed by atoms with Crippen LogP contribution in [0.25, 0.3) is 10.2 Å². The van der Waals surface area contributed by atoms with Crippen LogP contribution in [0.2, 0.25) is 0 Å². The molecule has 2 aromatic heterocycles. The van der Waals surface area contributed by atoms with Crippen LogP contribution in [0.3, 0.4) is 0 Å². The second-order valence-electron chi connectivity index (χ2n) is 4.42. The van der Waals surface area contributed by atoms with E-state index in [0.29, 0.717) is 24.0 Å². The maximum Gasteiger partial charge on any atom is 0.233 e. The second-order valence-corrected chi connectivity index (χ2v) is 5.32. The zero-order valence-electron chi connectivity index (χ0n) is 11.6. The van der Waals surface area contributed by atoms with Gasteiger partial charge in [0.05, 0.1) is 12.0 Å². The Morgan fingerprint density at radius 3 is 2.76 bits per heavy atom. The lowest BCUT2D eigenvalue weighted by Gasteiger charge is -2.11. The molecule has 0 saturated carbocycles. The number of rotatable bonds is 5. The summed E-state index contributed by atoms with van der Waals surface area (Å²) >= 11 is 1.50. The Hall–Kier alpha value is -2.34. The van der Waals surface area contributed by atoms with Gasteiger partial charge in [-0.25, -0.2) is 4.98 Å². The van der Waals surface area contributed by atoms with Crippen LogP contribution in [-0.2, 0) is 0 Å². The quantitative estimate of drug-likeness (QED) is 0.775. The lowest BCUT2D eigenvalue weighted by Crippen LogP contribution is -2.00. The van der Waals surface area contributed by atoms with E-state index in [1.807, 2.05) is 35.7 Å². The lowest BCUT2D eigenvalue weighted by molar-refractivity contribution is 0.301. The third-order valence-electron chi connectivity index (χ3n) is 2.82. The molecule has 1 aromatic carbocycles. The first-order valence-electron chi connectivity index (χ1n) is 6.68. The van der Waals surface area contributed by atoms with Crippen molar-refractivity contribution in [2.75, 3.05) is 12.3 Å². The molecule has 5 nitrogen and oxygen atoms in total. The Morgan fingerprint density at radius 1 is 1.14 bits per heavy atom. The number of para-hydroxylation sites is 2. The van der Waals surface area contributed by atoms with E-state index in [-0.39, 0.29) is 5.95 Å². The van der Waals surface area contributed by atoms with Crippen LogP contribution in [0.15, 0.2) is 35.7 Å². The smallest absolute Gasteiger partial charge is 0.233 e. The number of aromatic nitrogens is 2. The number of hydrogen-bond acceptors (Lipinski definition) is 6. The normalized spacial score (nSPS) is 10.7. The van der Waals surface area contributed by atoms with Gasteiger partial charge in [0.25, 0.3) is 0 Å². The molecule has 0 aliphatic heterocycles. The van der Waals surface area contributed by atoms with Crippen LogP contribution in [0.1, 0.15) is 13.3 Å². The number of thiophene rings is 1. The van der Waals surface area contributed by atoms with E-state index < -0.39 is 0 Å². The van der Waals surface area contributed by atoms with Crippen molar-refractivity contribution in [3.8, 4) is 17.4 Å². The Morgan fingerprint density at radius 2 is 1.95 bits per heavy atom. The summed E-state index contributed by atoms with van der Waals surface area (Å²) in [5, 5.41) is 2.78. The van der Waals surface area contributed by atoms with Crippen molar-refractivity contribution in [3.63, 3.8) is 0 Å². The average molecular weight is 301 g/mol. The molecule has 108 valence electrons. The van der Waals surface area contributed by atoms with Gasteiger partial charge in [-0.2, -0.15) is 4.98 Å². The maximum absolute atomic E-state index is 5.91. The number of benzene rings is 1. The predicted molar refractivity (Wildman–Crippen MR) is 84.1 cm³/mol. The van der Waals surface area contributed by atoms with Gasteiger partial charge in [0.15, 0.2) is 11.5 Å². The number of nitrogens with two attached hydrogens (primary N) is 1. The third kappa shape index (κ3) is 2.90. The highest BCUT2D eigenvalue weighted by Gasteiger charge is 2.12. The van der Waals surface area contributed by atoms with E-state index in [1.54, 1.807) is 0 Å². The minimum Gasteiger partial charge on any atom is -0.490 e. The van der Waals surface area contributed by atoms with Crippen molar-refractivity contribution < 1.29 is 9.47 Å². The summed E-state index contributed by atoms with van der Waals surface area (Å²) < 4.78 is 11.6. The average Bonchev–Trinajstić information content (AvgIpc) is 2.94. The molecule has 3 aromatic rings. The van der Waals surface area contributed by atoms with Crippen molar-refractivity contribution in [3.05, 3.63) is 35.7 Å². The molecule has 0 aliphatic carbocycles. The highest BCUT2D eigenvalue weighted by Crippen LogP contribution is 2.35. The van der Waals surface area contributed by atoms with E-state index in [4.69, 9.17) is 15.2 Å². The summed E-state index contributed by atoms with van der Waals surface area (Å²) in [7, 11) is 0. The van der Waals surface area contributed by atoms with Gasteiger partial charge in [-0.05, 0) is 30.0 Å². The first-order chi connectivity index (χ1) is 10.3. The number of nitrogens with zero attached hydrogens (tertiary/aromatic N) is 2. The number of fused-ring (bicyclic) bond motifs is 1. The molecule has 3 rings (SSSR count). The molecule has 2 heterocycles. The molecule has 0 fully saturated rings. The number of hydrogen-bond donors (Lipinski definition) is 1. The summed E-state index contributed by atoms with van der Waals surface area (Å²) in [6, 6.07) is 9.45. The molecule has 0 bridgehead atoms. The molecular formula is C15H15N3O2S. The molecule has 0 saturated heterocycles. The van der Waals surface area contributed by atoms with Gasteiger partial charge in [-0.3, -0.25) is 0 Å². The van der Waals surface area contributed by atoms with E-state index in [0.717, 1.165) is 16.6 Å². The van der Waals surface area contributed by atoms with Crippen LogP contribution in [0, 0.1) is 0 Å². The van der Waals surface area contributed by atoms with Crippen LogP contribution in [0.5, 0.6) is 17.4 Å². The third-order valence-corrected chi connectivity index (χ3v) is 3.63. The lowest BCUT2D eigenvalue weighted by atomic mass is 10.3. The standard InChI is InChI=1S/C15H15N3O2S/c1-2-8-19-11-5-3-4-6-12(11)20-13-10-7-9-21-14(10)18-15(16)17-13/h3-7,9H,2,8H2,1H3,(H2,16,17,18). The van der Waals surface area contributed by atoms with Gasteiger partial charge in [-0.15, -0.1) is 11.3 Å². The van der Waals surface area contributed by atoms with Gasteiger partial charge in [-0.1, -0.05) is 19.1 Å². The van der Waals surface area contributed by atoms with E-state index in [1.165, 1.54) is 11.3 Å². The largest absolute Gasteiger partial charge is 0.490 e. The molecule has 0 amide bonds. The van der Waals surface area contributed by atoms with E-state index in [9.17, 15) is 0 Å². The van der Waals surface area contributed by atoms with E-state index in [2.05, 4.69) is 16.9 Å². The molecule has 0 spiro atoms. The monoisotopic (exact) mass is 301 g/mol. The summed E-state index contributed by atoms with van der Waals surface area (Å²) in [6.45, 7) is 2.70. The zero-order valence-corrected chi connectivity index (χ0v) is 12.4. The highest BCUT2D eigenvalue weighted by atomic mass is 32.1. The highest BCUT2D eigenvalue weighted by molar-refractivity contribution is 7.16. The van der Waals surface area contributed by atoms with Crippen LogP contribution < -0.4 is 15.2 Å². The Labute approximate surface area is 126 Å².